The summed E-state index contributed by atoms with van der Waals surface area (Å²) in [6, 6.07) is 5.94. The number of nitrogens with one attached hydrogen (secondary N) is 1. The van der Waals surface area contributed by atoms with Crippen molar-refractivity contribution in [3.05, 3.63) is 27.7 Å². The average molecular weight is 356 g/mol. The first-order valence-corrected chi connectivity index (χ1v) is 8.22. The number of benzene rings is 1. The molecule has 108 valence electrons. The van der Waals surface area contributed by atoms with E-state index in [1.54, 1.807) is 18.4 Å². The molecule has 0 radical (unpaired) electrons. The minimum atomic E-state index is 0.815. The van der Waals surface area contributed by atoms with E-state index < -0.39 is 0 Å². The van der Waals surface area contributed by atoms with Crippen molar-refractivity contribution >= 4 is 27.3 Å². The standard InChI is InChI=1S/C14H18BrN3OS/c1-3-16-8-4-5-13-17-18-14(20-13)11-7-6-10(15)9-12(11)19-2/h6-7,9,16H,3-5,8H2,1-2H3. The maximum Gasteiger partial charge on any atom is 0.151 e. The lowest BCUT2D eigenvalue weighted by Crippen LogP contribution is -2.14. The molecule has 0 aliphatic carbocycles. The zero-order valence-corrected chi connectivity index (χ0v) is 14.1. The number of halogens is 1. The lowest BCUT2D eigenvalue weighted by atomic mass is 10.2. The number of methoxy groups -OCH3 is 1. The van der Waals surface area contributed by atoms with Crippen molar-refractivity contribution in [1.82, 2.24) is 15.5 Å². The van der Waals surface area contributed by atoms with Gasteiger partial charge in [-0.3, -0.25) is 0 Å². The molecule has 0 fully saturated rings. The minimum absolute atomic E-state index is 0.815. The van der Waals surface area contributed by atoms with Crippen molar-refractivity contribution in [2.24, 2.45) is 0 Å². The summed E-state index contributed by atoms with van der Waals surface area (Å²) in [5, 5.41) is 13.8. The van der Waals surface area contributed by atoms with E-state index >= 15 is 0 Å². The van der Waals surface area contributed by atoms with Gasteiger partial charge in [0.25, 0.3) is 0 Å². The fourth-order valence-corrected chi connectivity index (χ4v) is 3.10. The van der Waals surface area contributed by atoms with E-state index in [4.69, 9.17) is 4.74 Å². The predicted molar refractivity (Wildman–Crippen MR) is 86.5 cm³/mol. The Hall–Kier alpha value is -0.980. The molecule has 6 heteroatoms. The van der Waals surface area contributed by atoms with E-state index in [0.717, 1.165) is 51.7 Å². The first-order chi connectivity index (χ1) is 9.74. The second kappa shape index (κ2) is 7.71. The number of rotatable bonds is 7. The molecule has 0 spiro atoms. The van der Waals surface area contributed by atoms with E-state index in [0.29, 0.717) is 0 Å². The fraction of sp³-hybridized carbons (Fsp3) is 0.429. The summed E-state index contributed by atoms with van der Waals surface area (Å²) < 4.78 is 6.40. The smallest absolute Gasteiger partial charge is 0.151 e. The Morgan fingerprint density at radius 2 is 2.20 bits per heavy atom. The summed E-state index contributed by atoms with van der Waals surface area (Å²) in [5.74, 6) is 0.815. The fourth-order valence-electron chi connectivity index (χ4n) is 1.85. The molecular weight excluding hydrogens is 338 g/mol. The highest BCUT2D eigenvalue weighted by Gasteiger charge is 2.12. The van der Waals surface area contributed by atoms with Crippen LogP contribution in [0.25, 0.3) is 10.6 Å². The summed E-state index contributed by atoms with van der Waals surface area (Å²) in [7, 11) is 1.67. The van der Waals surface area contributed by atoms with Gasteiger partial charge in [0, 0.05) is 10.9 Å². The third-order valence-electron chi connectivity index (χ3n) is 2.86. The van der Waals surface area contributed by atoms with Crippen LogP contribution < -0.4 is 10.1 Å². The first kappa shape index (κ1) is 15.4. The topological polar surface area (TPSA) is 47.0 Å². The summed E-state index contributed by atoms with van der Waals surface area (Å²) >= 11 is 5.08. The van der Waals surface area contributed by atoms with Crippen LogP contribution in [0, 0.1) is 0 Å². The summed E-state index contributed by atoms with van der Waals surface area (Å²) in [5.41, 5.74) is 0.992. The van der Waals surface area contributed by atoms with Gasteiger partial charge in [-0.1, -0.05) is 34.2 Å². The van der Waals surface area contributed by atoms with Gasteiger partial charge < -0.3 is 10.1 Å². The number of aryl methyl sites for hydroxylation is 1. The van der Waals surface area contributed by atoms with Crippen molar-refractivity contribution in [2.45, 2.75) is 19.8 Å². The zero-order chi connectivity index (χ0) is 14.4. The third-order valence-corrected chi connectivity index (χ3v) is 4.36. The Kier molecular flexibility index (Phi) is 5.94. The minimum Gasteiger partial charge on any atom is -0.496 e. The maximum atomic E-state index is 5.40. The van der Waals surface area contributed by atoms with Crippen LogP contribution in [0.1, 0.15) is 18.4 Å². The molecule has 1 N–H and O–H groups in total. The summed E-state index contributed by atoms with van der Waals surface area (Å²) in [6.45, 7) is 4.15. The molecule has 2 aromatic rings. The largest absolute Gasteiger partial charge is 0.496 e. The molecule has 1 aromatic carbocycles. The first-order valence-electron chi connectivity index (χ1n) is 6.61. The van der Waals surface area contributed by atoms with Gasteiger partial charge in [0.15, 0.2) is 5.01 Å². The Bertz CT molecular complexity index is 559. The second-order valence-electron chi connectivity index (χ2n) is 4.30. The van der Waals surface area contributed by atoms with Crippen molar-refractivity contribution in [3.63, 3.8) is 0 Å². The number of ether oxygens (including phenoxy) is 1. The molecule has 0 saturated carbocycles. The maximum absolute atomic E-state index is 5.40. The van der Waals surface area contributed by atoms with E-state index in [1.165, 1.54) is 0 Å². The van der Waals surface area contributed by atoms with Crippen LogP contribution in [0.3, 0.4) is 0 Å². The highest BCUT2D eigenvalue weighted by molar-refractivity contribution is 9.10. The molecule has 20 heavy (non-hydrogen) atoms. The van der Waals surface area contributed by atoms with Gasteiger partial charge in [-0.05, 0) is 37.7 Å². The van der Waals surface area contributed by atoms with Crippen LogP contribution in [0.15, 0.2) is 22.7 Å². The summed E-state index contributed by atoms with van der Waals surface area (Å²) in [6.07, 6.45) is 2.05. The van der Waals surface area contributed by atoms with E-state index in [9.17, 15) is 0 Å². The molecule has 0 atom stereocenters. The molecule has 0 aliphatic rings. The molecule has 4 nitrogen and oxygen atoms in total. The van der Waals surface area contributed by atoms with Gasteiger partial charge in [0.2, 0.25) is 0 Å². The van der Waals surface area contributed by atoms with Crippen molar-refractivity contribution in [2.75, 3.05) is 20.2 Å². The van der Waals surface area contributed by atoms with Crippen molar-refractivity contribution in [3.8, 4) is 16.3 Å². The lowest BCUT2D eigenvalue weighted by Gasteiger charge is -2.05. The quantitative estimate of drug-likeness (QED) is 0.771. The molecule has 1 heterocycles. The predicted octanol–water partition coefficient (Wildman–Crippen LogP) is 3.52. The van der Waals surface area contributed by atoms with Crippen LogP contribution in [-0.2, 0) is 6.42 Å². The number of hydrogen-bond acceptors (Lipinski definition) is 5. The van der Waals surface area contributed by atoms with E-state index in [-0.39, 0.29) is 0 Å². The van der Waals surface area contributed by atoms with Gasteiger partial charge in [0.05, 0.1) is 12.7 Å². The number of nitrogens with zero attached hydrogens (tertiary/aromatic N) is 2. The monoisotopic (exact) mass is 355 g/mol. The molecular formula is C14H18BrN3OS. The van der Waals surface area contributed by atoms with E-state index in [2.05, 4.69) is 38.4 Å². The number of aromatic nitrogens is 2. The molecule has 0 bridgehead atoms. The van der Waals surface area contributed by atoms with Crippen LogP contribution in [0.2, 0.25) is 0 Å². The van der Waals surface area contributed by atoms with Gasteiger partial charge in [-0.25, -0.2) is 0 Å². The average Bonchev–Trinajstić information content (AvgIpc) is 2.92. The van der Waals surface area contributed by atoms with Crippen LogP contribution in [0.5, 0.6) is 5.75 Å². The molecule has 0 unspecified atom stereocenters. The molecule has 2 rings (SSSR count). The van der Waals surface area contributed by atoms with Crippen LogP contribution >= 0.6 is 27.3 Å². The Morgan fingerprint density at radius 3 is 2.95 bits per heavy atom. The normalized spacial score (nSPS) is 10.8. The Balaban J connectivity index is 2.08. The van der Waals surface area contributed by atoms with Gasteiger partial charge in [-0.15, -0.1) is 10.2 Å². The SMILES string of the molecule is CCNCCCc1nnc(-c2ccc(Br)cc2OC)s1. The van der Waals surface area contributed by atoms with Gasteiger partial charge >= 0.3 is 0 Å². The Labute approximate surface area is 131 Å². The molecule has 0 amide bonds. The third kappa shape index (κ3) is 4.01. The molecule has 1 aromatic heterocycles. The zero-order valence-electron chi connectivity index (χ0n) is 11.6. The number of hydrogen-bond donors (Lipinski definition) is 1. The van der Waals surface area contributed by atoms with Crippen molar-refractivity contribution < 1.29 is 4.74 Å². The highest BCUT2D eigenvalue weighted by atomic mass is 79.9. The van der Waals surface area contributed by atoms with Crippen LogP contribution in [-0.4, -0.2) is 30.4 Å². The Morgan fingerprint density at radius 1 is 1.35 bits per heavy atom. The van der Waals surface area contributed by atoms with Gasteiger partial charge in [0.1, 0.15) is 10.8 Å². The van der Waals surface area contributed by atoms with E-state index in [1.807, 2.05) is 18.2 Å². The highest BCUT2D eigenvalue weighted by Crippen LogP contribution is 2.34. The lowest BCUT2D eigenvalue weighted by molar-refractivity contribution is 0.416. The van der Waals surface area contributed by atoms with Gasteiger partial charge in [-0.2, -0.15) is 0 Å². The second-order valence-corrected chi connectivity index (χ2v) is 6.28. The summed E-state index contributed by atoms with van der Waals surface area (Å²) in [4.78, 5) is 0. The molecule has 0 saturated heterocycles. The molecule has 0 aliphatic heterocycles. The van der Waals surface area contributed by atoms with Crippen molar-refractivity contribution in [1.29, 1.82) is 0 Å². The van der Waals surface area contributed by atoms with Crippen LogP contribution in [0.4, 0.5) is 0 Å².